The molecule has 42 heavy (non-hydrogen) atoms. The number of thiophene rings is 1. The van der Waals surface area contributed by atoms with E-state index in [0.717, 1.165) is 22.5 Å². The van der Waals surface area contributed by atoms with E-state index in [1.54, 1.807) is 29.6 Å². The first-order chi connectivity index (χ1) is 20.1. The highest BCUT2D eigenvalue weighted by Crippen LogP contribution is 2.30. The lowest BCUT2D eigenvalue weighted by Crippen LogP contribution is -2.20. The first-order valence-electron chi connectivity index (χ1n) is 13.1. The van der Waals surface area contributed by atoms with Gasteiger partial charge in [-0.3, -0.25) is 4.79 Å². The first kappa shape index (κ1) is 27.8. The quantitative estimate of drug-likeness (QED) is 0.229. The maximum atomic E-state index is 15.1. The van der Waals surface area contributed by atoms with Gasteiger partial charge in [0.25, 0.3) is 15.6 Å². The molecule has 4 aromatic heterocycles. The largest absolute Gasteiger partial charge is 0.493 e. The van der Waals surface area contributed by atoms with E-state index in [9.17, 15) is 13.2 Å². The number of aryl methyl sites for hydroxylation is 1. The third-order valence-corrected chi connectivity index (χ3v) is 9.32. The molecule has 0 radical (unpaired) electrons. The molecule has 10 nitrogen and oxygen atoms in total. The van der Waals surface area contributed by atoms with E-state index in [2.05, 4.69) is 15.3 Å². The Kier molecular flexibility index (Phi) is 7.17. The Morgan fingerprint density at radius 1 is 1.05 bits per heavy atom. The van der Waals surface area contributed by atoms with Gasteiger partial charge < -0.3 is 15.0 Å². The van der Waals surface area contributed by atoms with Crippen molar-refractivity contribution in [3.63, 3.8) is 0 Å². The smallest absolute Gasteiger partial charge is 0.278 e. The summed E-state index contributed by atoms with van der Waals surface area (Å²) >= 11 is 1.23. The molecule has 0 aliphatic carbocycles. The van der Waals surface area contributed by atoms with Gasteiger partial charge in [-0.05, 0) is 69.2 Å². The Bertz CT molecular complexity index is 2120. The predicted octanol–water partition coefficient (Wildman–Crippen LogP) is 5.02. The number of nitrogens with zero attached hydrogens (tertiary/aromatic N) is 5. The van der Waals surface area contributed by atoms with E-state index in [1.807, 2.05) is 25.9 Å². The highest BCUT2D eigenvalue weighted by atomic mass is 32.2. The number of nitrogens with one attached hydrogen (secondary N) is 1. The normalized spacial score (nSPS) is 12.1. The van der Waals surface area contributed by atoms with E-state index < -0.39 is 21.4 Å². The third kappa shape index (κ3) is 4.99. The van der Waals surface area contributed by atoms with Gasteiger partial charge in [-0.25, -0.2) is 26.2 Å². The van der Waals surface area contributed by atoms with Gasteiger partial charge in [0, 0.05) is 18.8 Å². The van der Waals surface area contributed by atoms with Crippen molar-refractivity contribution in [3.8, 4) is 5.75 Å². The minimum atomic E-state index is -4.06. The average Bonchev–Trinajstić information content (AvgIpc) is 3.61. The summed E-state index contributed by atoms with van der Waals surface area (Å²) in [7, 11) is -0.118. The zero-order valence-corrected chi connectivity index (χ0v) is 24.7. The summed E-state index contributed by atoms with van der Waals surface area (Å²) < 4.78 is 50.9. The Balaban J connectivity index is 1.51. The van der Waals surface area contributed by atoms with Gasteiger partial charge in [-0.15, -0.1) is 11.3 Å². The van der Waals surface area contributed by atoms with Crippen LogP contribution in [0.3, 0.4) is 0 Å². The Labute approximate surface area is 244 Å². The number of benzene rings is 2. The average molecular weight is 607 g/mol. The highest BCUT2D eigenvalue weighted by molar-refractivity contribution is 7.90. The summed E-state index contributed by atoms with van der Waals surface area (Å²) in [6, 6.07) is 14.0. The minimum absolute atomic E-state index is 0.00549. The van der Waals surface area contributed by atoms with E-state index in [0.29, 0.717) is 28.0 Å². The van der Waals surface area contributed by atoms with Crippen LogP contribution in [0.15, 0.2) is 75.9 Å². The van der Waals surface area contributed by atoms with E-state index in [4.69, 9.17) is 4.74 Å². The second kappa shape index (κ2) is 10.8. The molecule has 0 aliphatic rings. The number of hydrogen-bond donors (Lipinski definition) is 1. The van der Waals surface area contributed by atoms with Crippen LogP contribution in [0, 0.1) is 12.7 Å². The standard InChI is InChI=1S/C29H27FN6O4S2/c1-18-5-8-20(9-6-18)42(38,39)35-14-11-21-26(35)33-29(36-27(21)31-23-12-16-41-25(23)28(36)37)32-24-17-19(7-10-22(24)30)40-15-4-13-34(2)3/h5-12,14,16-17H,4,13,15H2,1-3H3,(H,32,33). The maximum Gasteiger partial charge on any atom is 0.278 e. The summed E-state index contributed by atoms with van der Waals surface area (Å²) in [6.07, 6.45) is 2.16. The summed E-state index contributed by atoms with van der Waals surface area (Å²) in [6.45, 7) is 3.13. The number of halogens is 1. The zero-order valence-electron chi connectivity index (χ0n) is 23.0. The molecule has 0 spiro atoms. The predicted molar refractivity (Wildman–Crippen MR) is 162 cm³/mol. The number of anilines is 2. The minimum Gasteiger partial charge on any atom is -0.493 e. The molecule has 0 saturated carbocycles. The SMILES string of the molecule is Cc1ccc(S(=O)(=O)n2ccc3c2nc(Nc2cc(OCCCN(C)C)ccc2F)n2c(=O)c4sccc4nc32)cc1. The molecule has 0 saturated heterocycles. The number of ether oxygens (including phenoxy) is 1. The Morgan fingerprint density at radius 2 is 1.83 bits per heavy atom. The molecule has 13 heteroatoms. The summed E-state index contributed by atoms with van der Waals surface area (Å²) in [5, 5.41) is 5.01. The lowest BCUT2D eigenvalue weighted by atomic mass is 10.2. The lowest BCUT2D eigenvalue weighted by Gasteiger charge is -2.15. The number of aromatic nitrogens is 4. The molecule has 0 amide bonds. The van der Waals surface area contributed by atoms with Gasteiger partial charge in [0.1, 0.15) is 16.3 Å². The van der Waals surface area contributed by atoms with Crippen LogP contribution in [-0.4, -0.2) is 58.9 Å². The van der Waals surface area contributed by atoms with Gasteiger partial charge in [-0.2, -0.15) is 4.98 Å². The van der Waals surface area contributed by atoms with Crippen molar-refractivity contribution in [1.82, 2.24) is 23.2 Å². The fourth-order valence-corrected chi connectivity index (χ4v) is 6.67. The first-order valence-corrected chi connectivity index (χ1v) is 15.4. The Morgan fingerprint density at radius 3 is 2.60 bits per heavy atom. The molecular formula is C29H27FN6O4S2. The zero-order chi connectivity index (χ0) is 29.6. The van der Waals surface area contributed by atoms with Crippen molar-refractivity contribution in [2.24, 2.45) is 0 Å². The van der Waals surface area contributed by atoms with Crippen LogP contribution in [0.5, 0.6) is 5.75 Å². The molecule has 1 N–H and O–H groups in total. The second-order valence-electron chi connectivity index (χ2n) is 10.1. The van der Waals surface area contributed by atoms with E-state index in [1.165, 1.54) is 52.3 Å². The topological polar surface area (TPSA) is 111 Å². The van der Waals surface area contributed by atoms with Crippen LogP contribution >= 0.6 is 11.3 Å². The molecule has 0 atom stereocenters. The third-order valence-electron chi connectivity index (χ3n) is 6.75. The second-order valence-corrected chi connectivity index (χ2v) is 12.8. The molecule has 6 aromatic rings. The summed E-state index contributed by atoms with van der Waals surface area (Å²) in [4.78, 5) is 25.0. The van der Waals surface area contributed by atoms with Crippen LogP contribution < -0.4 is 15.6 Å². The van der Waals surface area contributed by atoms with Crippen LogP contribution in [-0.2, 0) is 10.0 Å². The molecule has 0 unspecified atom stereocenters. The van der Waals surface area contributed by atoms with Crippen LogP contribution in [0.25, 0.3) is 26.9 Å². The van der Waals surface area contributed by atoms with Gasteiger partial charge in [0.15, 0.2) is 11.3 Å². The van der Waals surface area contributed by atoms with Crippen molar-refractivity contribution in [2.75, 3.05) is 32.6 Å². The van der Waals surface area contributed by atoms with Gasteiger partial charge >= 0.3 is 0 Å². The molecule has 6 rings (SSSR count). The van der Waals surface area contributed by atoms with Crippen molar-refractivity contribution in [3.05, 3.63) is 87.9 Å². The molecule has 4 heterocycles. The van der Waals surface area contributed by atoms with Crippen molar-refractivity contribution in [2.45, 2.75) is 18.2 Å². The van der Waals surface area contributed by atoms with Crippen LogP contribution in [0.1, 0.15) is 12.0 Å². The number of rotatable bonds is 9. The van der Waals surface area contributed by atoms with Crippen LogP contribution in [0.2, 0.25) is 0 Å². The number of fused-ring (bicyclic) bond motifs is 4. The van der Waals surface area contributed by atoms with E-state index in [-0.39, 0.29) is 27.8 Å². The maximum absolute atomic E-state index is 15.1. The molecule has 216 valence electrons. The summed E-state index contributed by atoms with van der Waals surface area (Å²) in [5.74, 6) is -0.265. The van der Waals surface area contributed by atoms with E-state index >= 15 is 4.39 Å². The van der Waals surface area contributed by atoms with Crippen molar-refractivity contribution >= 4 is 59.9 Å². The molecular weight excluding hydrogens is 579 g/mol. The van der Waals surface area contributed by atoms with Crippen LogP contribution in [0.4, 0.5) is 16.0 Å². The van der Waals surface area contributed by atoms with Gasteiger partial charge in [0.2, 0.25) is 5.95 Å². The van der Waals surface area contributed by atoms with Gasteiger partial charge in [-0.1, -0.05) is 17.7 Å². The molecule has 0 bridgehead atoms. The van der Waals surface area contributed by atoms with Crippen molar-refractivity contribution < 1.29 is 17.5 Å². The lowest BCUT2D eigenvalue weighted by molar-refractivity contribution is 0.281. The summed E-state index contributed by atoms with van der Waals surface area (Å²) in [5.41, 5.74) is 1.20. The van der Waals surface area contributed by atoms with Crippen molar-refractivity contribution in [1.29, 1.82) is 0 Å². The monoisotopic (exact) mass is 606 g/mol. The van der Waals surface area contributed by atoms with Gasteiger partial charge in [0.05, 0.1) is 28.1 Å². The molecule has 2 aromatic carbocycles. The fraction of sp³-hybridized carbons (Fsp3) is 0.207. The number of hydrogen-bond acceptors (Lipinski definition) is 9. The molecule has 0 aliphatic heterocycles. The Hall–Kier alpha value is -4.33. The highest BCUT2D eigenvalue weighted by Gasteiger charge is 2.24. The molecule has 0 fully saturated rings. The fourth-order valence-electron chi connectivity index (χ4n) is 4.61.